The molecule has 3 aromatic rings. The number of benzene rings is 2. The van der Waals surface area contributed by atoms with Crippen molar-refractivity contribution in [2.45, 2.75) is 63.2 Å². The number of para-hydroxylation sites is 1. The lowest BCUT2D eigenvalue weighted by molar-refractivity contribution is -0.141. The molecule has 12 heteroatoms. The average molecular weight is 567 g/mol. The van der Waals surface area contributed by atoms with Crippen LogP contribution in [0.25, 0.3) is 10.9 Å². The molecular weight excluding hydrogens is 528 g/mol. The minimum absolute atomic E-state index is 0.0880. The molecule has 0 spiro atoms. The van der Waals surface area contributed by atoms with E-state index in [1.54, 1.807) is 18.3 Å². The van der Waals surface area contributed by atoms with E-state index in [9.17, 15) is 29.4 Å². The molecule has 0 unspecified atom stereocenters. The van der Waals surface area contributed by atoms with Gasteiger partial charge in [-0.05, 0) is 68.5 Å². The number of carbonyl (C=O) groups is 4. The van der Waals surface area contributed by atoms with Crippen LogP contribution in [0.5, 0.6) is 5.75 Å². The molecular formula is C29H38N6O6. The van der Waals surface area contributed by atoms with Gasteiger partial charge in [0.05, 0.1) is 6.04 Å². The largest absolute Gasteiger partial charge is 0.508 e. The summed E-state index contributed by atoms with van der Waals surface area (Å²) in [7, 11) is 0. The molecule has 0 fully saturated rings. The lowest BCUT2D eigenvalue weighted by atomic mass is 10.0. The van der Waals surface area contributed by atoms with Gasteiger partial charge in [0.1, 0.15) is 23.9 Å². The number of aliphatic carboxylic acids is 1. The van der Waals surface area contributed by atoms with Crippen LogP contribution in [-0.4, -0.2) is 69.6 Å². The van der Waals surface area contributed by atoms with Gasteiger partial charge in [-0.15, -0.1) is 0 Å². The number of hydrogen-bond donors (Lipinski definition) is 8. The van der Waals surface area contributed by atoms with Crippen LogP contribution in [0, 0.1) is 0 Å². The van der Waals surface area contributed by atoms with Crippen molar-refractivity contribution in [1.82, 2.24) is 20.9 Å². The number of aromatic hydroxyl groups is 1. The summed E-state index contributed by atoms with van der Waals surface area (Å²) in [5, 5.41) is 27.4. The second kappa shape index (κ2) is 14.8. The minimum Gasteiger partial charge on any atom is -0.508 e. The second-order valence-corrected chi connectivity index (χ2v) is 10.0. The molecule has 0 aliphatic rings. The van der Waals surface area contributed by atoms with E-state index in [0.29, 0.717) is 19.4 Å². The Balaban J connectivity index is 1.81. The first-order valence-corrected chi connectivity index (χ1v) is 13.5. The molecule has 12 nitrogen and oxygen atoms in total. The fourth-order valence-corrected chi connectivity index (χ4v) is 4.40. The van der Waals surface area contributed by atoms with Crippen molar-refractivity contribution in [1.29, 1.82) is 0 Å². The fraction of sp³-hybridized carbons (Fsp3) is 0.379. The van der Waals surface area contributed by atoms with Crippen LogP contribution < -0.4 is 27.4 Å². The zero-order chi connectivity index (χ0) is 29.9. The smallest absolute Gasteiger partial charge is 0.325 e. The van der Waals surface area contributed by atoms with Crippen LogP contribution in [0.15, 0.2) is 54.7 Å². The summed E-state index contributed by atoms with van der Waals surface area (Å²) in [5.41, 5.74) is 14.1. The fourth-order valence-electron chi connectivity index (χ4n) is 4.40. The molecule has 1 aromatic heterocycles. The molecule has 41 heavy (non-hydrogen) atoms. The molecule has 0 radical (unpaired) electrons. The third-order valence-electron chi connectivity index (χ3n) is 6.77. The predicted molar refractivity (Wildman–Crippen MR) is 154 cm³/mol. The van der Waals surface area contributed by atoms with E-state index in [1.165, 1.54) is 19.1 Å². The summed E-state index contributed by atoms with van der Waals surface area (Å²) in [6.45, 7) is 1.72. The number of phenolic OH excluding ortho intramolecular Hbond substituents is 1. The summed E-state index contributed by atoms with van der Waals surface area (Å²) in [5.74, 6) is -2.95. The summed E-state index contributed by atoms with van der Waals surface area (Å²) < 4.78 is 0. The van der Waals surface area contributed by atoms with Crippen LogP contribution in [0.1, 0.15) is 37.3 Å². The standard InChI is InChI=1S/C29H38N6O6/c1-17(29(40)41)33-27(38)24(8-4-5-13-30)34-28(39)25(15-19-16-32-23-7-3-2-6-21(19)23)35-26(37)22(31)14-18-9-11-20(36)12-10-18/h2-3,6-7,9-12,16-17,22,24-25,32,36H,4-5,8,13-15,30-31H2,1H3,(H,33,38)(H,34,39)(H,35,37)(H,40,41)/t17-,22-,24-,25-/m0/s1. The molecule has 0 saturated carbocycles. The highest BCUT2D eigenvalue weighted by Gasteiger charge is 2.30. The van der Waals surface area contributed by atoms with Gasteiger partial charge in [0.15, 0.2) is 0 Å². The van der Waals surface area contributed by atoms with Crippen molar-refractivity contribution in [2.75, 3.05) is 6.54 Å². The van der Waals surface area contributed by atoms with Crippen LogP contribution in [-0.2, 0) is 32.0 Å². The number of hydrogen-bond acceptors (Lipinski definition) is 7. The number of carboxylic acid groups (broad SMARTS) is 1. The third kappa shape index (κ3) is 9.05. The van der Waals surface area contributed by atoms with Crippen molar-refractivity contribution in [3.63, 3.8) is 0 Å². The van der Waals surface area contributed by atoms with Gasteiger partial charge in [-0.25, -0.2) is 0 Å². The number of fused-ring (bicyclic) bond motifs is 1. The number of phenols is 1. The highest BCUT2D eigenvalue weighted by Crippen LogP contribution is 2.19. The second-order valence-electron chi connectivity index (χ2n) is 10.0. The van der Waals surface area contributed by atoms with Gasteiger partial charge in [-0.2, -0.15) is 0 Å². The van der Waals surface area contributed by atoms with Gasteiger partial charge in [-0.3, -0.25) is 19.2 Å². The number of nitrogens with two attached hydrogens (primary N) is 2. The molecule has 0 bridgehead atoms. The number of carboxylic acids is 1. The number of unbranched alkanes of at least 4 members (excludes halogenated alkanes) is 1. The van der Waals surface area contributed by atoms with E-state index in [-0.39, 0.29) is 25.0 Å². The van der Waals surface area contributed by atoms with Gasteiger partial charge < -0.3 is 42.6 Å². The van der Waals surface area contributed by atoms with E-state index in [1.807, 2.05) is 24.3 Å². The Labute approximate surface area is 237 Å². The van der Waals surface area contributed by atoms with Crippen molar-refractivity contribution >= 4 is 34.6 Å². The Morgan fingerprint density at radius 1 is 0.878 bits per heavy atom. The quantitative estimate of drug-likeness (QED) is 0.122. The lowest BCUT2D eigenvalue weighted by Crippen LogP contribution is -2.57. The van der Waals surface area contributed by atoms with Crippen LogP contribution in [0.2, 0.25) is 0 Å². The molecule has 10 N–H and O–H groups in total. The van der Waals surface area contributed by atoms with Crippen LogP contribution in [0.3, 0.4) is 0 Å². The molecule has 3 amide bonds. The van der Waals surface area contributed by atoms with Crippen molar-refractivity contribution < 1.29 is 29.4 Å². The van der Waals surface area contributed by atoms with Gasteiger partial charge in [-0.1, -0.05) is 30.3 Å². The van der Waals surface area contributed by atoms with Gasteiger partial charge in [0, 0.05) is 23.5 Å². The maximum atomic E-state index is 13.6. The first-order chi connectivity index (χ1) is 19.6. The monoisotopic (exact) mass is 566 g/mol. The van der Waals surface area contributed by atoms with Crippen molar-refractivity contribution in [2.24, 2.45) is 11.5 Å². The third-order valence-corrected chi connectivity index (χ3v) is 6.77. The van der Waals surface area contributed by atoms with Gasteiger partial charge in [0.2, 0.25) is 17.7 Å². The topological polar surface area (TPSA) is 213 Å². The Morgan fingerprint density at radius 3 is 2.22 bits per heavy atom. The Bertz CT molecular complexity index is 1340. The van der Waals surface area contributed by atoms with E-state index in [0.717, 1.165) is 22.0 Å². The zero-order valence-electron chi connectivity index (χ0n) is 22.9. The highest BCUT2D eigenvalue weighted by molar-refractivity contribution is 5.94. The van der Waals surface area contributed by atoms with E-state index < -0.39 is 47.9 Å². The van der Waals surface area contributed by atoms with Crippen molar-refractivity contribution in [3.05, 3.63) is 65.9 Å². The summed E-state index contributed by atoms with van der Waals surface area (Å²) >= 11 is 0. The molecule has 1 heterocycles. The Morgan fingerprint density at radius 2 is 1.54 bits per heavy atom. The summed E-state index contributed by atoms with van der Waals surface area (Å²) in [6, 6.07) is 9.55. The number of rotatable bonds is 15. The highest BCUT2D eigenvalue weighted by atomic mass is 16.4. The molecule has 4 atom stereocenters. The Kier molecular flexibility index (Phi) is 11.2. The van der Waals surface area contributed by atoms with Crippen molar-refractivity contribution in [3.8, 4) is 5.75 Å². The number of nitrogens with one attached hydrogen (secondary N) is 4. The summed E-state index contributed by atoms with van der Waals surface area (Å²) in [4.78, 5) is 54.1. The molecule has 220 valence electrons. The average Bonchev–Trinajstić information content (AvgIpc) is 3.35. The number of amides is 3. The lowest BCUT2D eigenvalue weighted by Gasteiger charge is -2.25. The van der Waals surface area contributed by atoms with E-state index in [4.69, 9.17) is 11.5 Å². The van der Waals surface area contributed by atoms with Crippen LogP contribution in [0.4, 0.5) is 0 Å². The normalized spacial score (nSPS) is 14.0. The SMILES string of the molecule is C[C@H](NC(=O)[C@H](CCCCN)NC(=O)[C@H](Cc1c[nH]c2ccccc12)NC(=O)[C@@H](N)Cc1ccc(O)cc1)C(=O)O. The van der Waals surface area contributed by atoms with Gasteiger partial charge in [0.25, 0.3) is 0 Å². The predicted octanol–water partition coefficient (Wildman–Crippen LogP) is 0.674. The molecule has 0 saturated heterocycles. The van der Waals surface area contributed by atoms with E-state index in [2.05, 4.69) is 20.9 Å². The van der Waals surface area contributed by atoms with E-state index >= 15 is 0 Å². The number of carbonyl (C=O) groups excluding carboxylic acids is 3. The zero-order valence-corrected chi connectivity index (χ0v) is 22.9. The first kappa shape index (κ1) is 31.1. The molecule has 2 aromatic carbocycles. The van der Waals surface area contributed by atoms with Crippen LogP contribution >= 0.6 is 0 Å². The molecule has 0 aliphatic carbocycles. The molecule has 3 rings (SSSR count). The maximum absolute atomic E-state index is 13.6. The number of aromatic nitrogens is 1. The number of aromatic amines is 1. The number of H-pyrrole nitrogens is 1. The Hall–Kier alpha value is -4.42. The molecule has 0 aliphatic heterocycles. The minimum atomic E-state index is -1.21. The summed E-state index contributed by atoms with van der Waals surface area (Å²) in [6.07, 6.45) is 3.40. The first-order valence-electron chi connectivity index (χ1n) is 13.5. The maximum Gasteiger partial charge on any atom is 0.325 e. The van der Waals surface area contributed by atoms with Gasteiger partial charge >= 0.3 is 5.97 Å².